The van der Waals surface area contributed by atoms with E-state index >= 15 is 0 Å². The number of aryl methyl sites for hydroxylation is 1. The van der Waals surface area contributed by atoms with Crippen molar-refractivity contribution in [2.45, 2.75) is 44.5 Å². The summed E-state index contributed by atoms with van der Waals surface area (Å²) in [6, 6.07) is 9.68. The molecule has 2 amide bonds. The van der Waals surface area contributed by atoms with Gasteiger partial charge in [0.05, 0.1) is 12.5 Å². The van der Waals surface area contributed by atoms with Gasteiger partial charge in [0.2, 0.25) is 5.91 Å². The molecule has 0 radical (unpaired) electrons. The number of rotatable bonds is 7. The van der Waals surface area contributed by atoms with E-state index in [-0.39, 0.29) is 23.7 Å². The number of aromatic nitrogens is 2. The van der Waals surface area contributed by atoms with Crippen LogP contribution >= 0.6 is 11.8 Å². The number of esters is 1. The van der Waals surface area contributed by atoms with Crippen molar-refractivity contribution in [1.82, 2.24) is 19.8 Å². The molecule has 0 saturated carbocycles. The molecule has 2 saturated heterocycles. The van der Waals surface area contributed by atoms with E-state index in [1.807, 2.05) is 54.0 Å². The molecular formula is C27H35N5O4S. The number of ether oxygens (including phenoxy) is 1. The fourth-order valence-corrected chi connectivity index (χ4v) is 5.55. The predicted octanol–water partition coefficient (Wildman–Crippen LogP) is 3.16. The van der Waals surface area contributed by atoms with Crippen LogP contribution in [-0.4, -0.2) is 83.4 Å². The Kier molecular flexibility index (Phi) is 9.02. The fraction of sp³-hybridized carbons (Fsp3) is 0.519. The minimum Gasteiger partial charge on any atom is -0.466 e. The van der Waals surface area contributed by atoms with Crippen molar-refractivity contribution in [3.63, 3.8) is 0 Å². The van der Waals surface area contributed by atoms with Gasteiger partial charge in [-0.3, -0.25) is 14.4 Å². The van der Waals surface area contributed by atoms with E-state index in [1.54, 1.807) is 18.7 Å². The highest BCUT2D eigenvalue weighted by molar-refractivity contribution is 7.98. The van der Waals surface area contributed by atoms with E-state index in [4.69, 9.17) is 9.72 Å². The maximum Gasteiger partial charge on any atom is 0.309 e. The monoisotopic (exact) mass is 525 g/mol. The van der Waals surface area contributed by atoms with Gasteiger partial charge in [0.15, 0.2) is 5.16 Å². The van der Waals surface area contributed by atoms with Crippen molar-refractivity contribution >= 4 is 35.4 Å². The van der Waals surface area contributed by atoms with Gasteiger partial charge in [-0.1, -0.05) is 23.9 Å². The van der Waals surface area contributed by atoms with Gasteiger partial charge in [0, 0.05) is 69.3 Å². The predicted molar refractivity (Wildman–Crippen MR) is 142 cm³/mol. The number of piperazine rings is 1. The van der Waals surface area contributed by atoms with Crippen molar-refractivity contribution in [3.8, 4) is 0 Å². The van der Waals surface area contributed by atoms with E-state index in [9.17, 15) is 14.4 Å². The van der Waals surface area contributed by atoms with Crippen molar-refractivity contribution in [1.29, 1.82) is 0 Å². The highest BCUT2D eigenvalue weighted by Crippen LogP contribution is 2.25. The smallest absolute Gasteiger partial charge is 0.309 e. The number of hydrogen-bond acceptors (Lipinski definition) is 8. The quantitative estimate of drug-likeness (QED) is 0.309. The van der Waals surface area contributed by atoms with E-state index in [0.29, 0.717) is 62.1 Å². The number of amides is 2. The summed E-state index contributed by atoms with van der Waals surface area (Å²) in [4.78, 5) is 52.0. The van der Waals surface area contributed by atoms with Crippen LogP contribution in [0.2, 0.25) is 0 Å². The van der Waals surface area contributed by atoms with Gasteiger partial charge in [-0.2, -0.15) is 0 Å². The molecule has 37 heavy (non-hydrogen) atoms. The topological polar surface area (TPSA) is 95.9 Å². The number of nitrogens with zero attached hydrogens (tertiary/aromatic N) is 5. The van der Waals surface area contributed by atoms with Crippen LogP contribution < -0.4 is 4.90 Å². The summed E-state index contributed by atoms with van der Waals surface area (Å²) in [6.07, 6.45) is 1.27. The molecule has 2 aliphatic rings. The fourth-order valence-electron chi connectivity index (χ4n) is 4.71. The highest BCUT2D eigenvalue weighted by Gasteiger charge is 2.28. The van der Waals surface area contributed by atoms with Crippen LogP contribution in [0.15, 0.2) is 35.5 Å². The van der Waals surface area contributed by atoms with E-state index in [1.165, 1.54) is 0 Å². The van der Waals surface area contributed by atoms with Gasteiger partial charge in [0.25, 0.3) is 5.91 Å². The van der Waals surface area contributed by atoms with E-state index < -0.39 is 0 Å². The van der Waals surface area contributed by atoms with Gasteiger partial charge >= 0.3 is 5.97 Å². The zero-order valence-corrected chi connectivity index (χ0v) is 22.6. The molecule has 0 spiro atoms. The normalized spacial score (nSPS) is 16.6. The molecule has 4 rings (SSSR count). The van der Waals surface area contributed by atoms with Crippen molar-refractivity contribution < 1.29 is 19.1 Å². The third-order valence-electron chi connectivity index (χ3n) is 6.81. The Morgan fingerprint density at radius 2 is 1.73 bits per heavy atom. The molecule has 0 N–H and O–H groups in total. The summed E-state index contributed by atoms with van der Waals surface area (Å²) in [7, 11) is 0. The van der Waals surface area contributed by atoms with Crippen LogP contribution in [0.25, 0.3) is 0 Å². The Bertz CT molecular complexity index is 1130. The molecule has 0 unspecified atom stereocenters. The zero-order valence-electron chi connectivity index (χ0n) is 21.8. The lowest BCUT2D eigenvalue weighted by Gasteiger charge is -2.35. The van der Waals surface area contributed by atoms with Gasteiger partial charge in [0.1, 0.15) is 5.82 Å². The Labute approximate surface area is 222 Å². The third-order valence-corrected chi connectivity index (χ3v) is 7.73. The number of carbonyl (C=O) groups is 3. The number of carbonyl (C=O) groups excluding carboxylic acids is 3. The first-order valence-corrected chi connectivity index (χ1v) is 13.9. The minimum atomic E-state index is -0.159. The van der Waals surface area contributed by atoms with Crippen LogP contribution in [0, 0.1) is 12.8 Å². The van der Waals surface area contributed by atoms with Crippen LogP contribution in [-0.2, 0) is 20.1 Å². The first-order chi connectivity index (χ1) is 17.8. The van der Waals surface area contributed by atoms with E-state index in [0.717, 1.165) is 30.2 Å². The number of thioether (sulfide) groups is 1. The SMILES string of the molecule is CCOC(=O)C1CCN(C(=O)c2cccc(CSc3nc(C)cc(N4CCN(C(C)=O)CC4)n3)c2)CC1. The Balaban J connectivity index is 1.34. The number of hydrogen-bond donors (Lipinski definition) is 0. The van der Waals surface area contributed by atoms with Crippen molar-refractivity contribution in [2.75, 3.05) is 50.8 Å². The van der Waals surface area contributed by atoms with Crippen molar-refractivity contribution in [2.24, 2.45) is 5.92 Å². The molecule has 9 nitrogen and oxygen atoms in total. The van der Waals surface area contributed by atoms with Gasteiger partial charge in [-0.05, 0) is 44.4 Å². The molecule has 1 aromatic heterocycles. The first kappa shape index (κ1) is 26.9. The number of anilines is 1. The number of likely N-dealkylation sites (tertiary alicyclic amines) is 1. The second-order valence-corrected chi connectivity index (χ2v) is 10.4. The molecule has 10 heteroatoms. The summed E-state index contributed by atoms with van der Waals surface area (Å²) >= 11 is 1.55. The lowest BCUT2D eigenvalue weighted by Crippen LogP contribution is -2.48. The van der Waals surface area contributed by atoms with Crippen LogP contribution in [0.1, 0.15) is 48.3 Å². The zero-order chi connectivity index (χ0) is 26.4. The van der Waals surface area contributed by atoms with Crippen LogP contribution in [0.5, 0.6) is 0 Å². The van der Waals surface area contributed by atoms with Crippen molar-refractivity contribution in [3.05, 3.63) is 47.2 Å². The molecule has 3 heterocycles. The highest BCUT2D eigenvalue weighted by atomic mass is 32.2. The lowest BCUT2D eigenvalue weighted by atomic mass is 9.96. The summed E-state index contributed by atoms with van der Waals surface area (Å²) in [6.45, 7) is 9.78. The molecule has 198 valence electrons. The number of piperidine rings is 1. The molecule has 0 aliphatic carbocycles. The second kappa shape index (κ2) is 12.4. The van der Waals surface area contributed by atoms with Gasteiger partial charge in [-0.15, -0.1) is 0 Å². The molecule has 0 bridgehead atoms. The molecule has 0 atom stereocenters. The summed E-state index contributed by atoms with van der Waals surface area (Å²) in [5.41, 5.74) is 2.58. The second-order valence-electron chi connectivity index (χ2n) is 9.45. The average molecular weight is 526 g/mol. The van der Waals surface area contributed by atoms with E-state index in [2.05, 4.69) is 9.88 Å². The molecular weight excluding hydrogens is 490 g/mol. The molecule has 2 aliphatic heterocycles. The average Bonchev–Trinajstić information content (AvgIpc) is 2.91. The van der Waals surface area contributed by atoms with Gasteiger partial charge in [-0.25, -0.2) is 9.97 Å². The minimum absolute atomic E-state index is 0.00652. The first-order valence-electron chi connectivity index (χ1n) is 12.9. The molecule has 2 aromatic rings. The summed E-state index contributed by atoms with van der Waals surface area (Å²) < 4.78 is 5.13. The molecule has 2 fully saturated rings. The lowest BCUT2D eigenvalue weighted by molar-refractivity contribution is -0.149. The standard InChI is InChI=1S/C27H35N5O4S/c1-4-36-26(35)22-8-10-32(11-9-22)25(34)23-7-5-6-21(17-23)18-37-27-28-19(2)16-24(29-27)31-14-12-30(13-15-31)20(3)33/h5-7,16-17,22H,4,8-15,18H2,1-3H3. The summed E-state index contributed by atoms with van der Waals surface area (Å²) in [5, 5.41) is 0.696. The summed E-state index contributed by atoms with van der Waals surface area (Å²) in [5.74, 6) is 1.35. The third kappa shape index (κ3) is 7.00. The number of benzene rings is 1. The van der Waals surface area contributed by atoms with Crippen LogP contribution in [0.4, 0.5) is 5.82 Å². The van der Waals surface area contributed by atoms with Crippen LogP contribution in [0.3, 0.4) is 0 Å². The maximum absolute atomic E-state index is 13.1. The molecule has 1 aromatic carbocycles. The Hall–Kier alpha value is -3.14. The Morgan fingerprint density at radius 1 is 1.00 bits per heavy atom. The largest absolute Gasteiger partial charge is 0.466 e. The maximum atomic E-state index is 13.1. The van der Waals surface area contributed by atoms with Gasteiger partial charge < -0.3 is 19.4 Å². The Morgan fingerprint density at radius 3 is 2.41 bits per heavy atom.